The quantitative estimate of drug-likeness (QED) is 0.737. The number of aryl methyl sites for hydroxylation is 2. The molecule has 0 saturated heterocycles. The molecule has 136 valence electrons. The van der Waals surface area contributed by atoms with E-state index in [1.54, 1.807) is 31.2 Å². The van der Waals surface area contributed by atoms with Crippen molar-refractivity contribution in [3.63, 3.8) is 0 Å². The Labute approximate surface area is 153 Å². The second-order valence-corrected chi connectivity index (χ2v) is 8.06. The first-order valence-electron chi connectivity index (χ1n) is 8.30. The molecule has 0 fully saturated rings. The van der Waals surface area contributed by atoms with Crippen LogP contribution in [0, 0.1) is 13.8 Å². The molecule has 0 amide bonds. The van der Waals surface area contributed by atoms with Gasteiger partial charge in [0.2, 0.25) is 5.82 Å². The number of nitrogens with one attached hydrogen (secondary N) is 1. The molecule has 0 aliphatic heterocycles. The fourth-order valence-corrected chi connectivity index (χ4v) is 3.87. The van der Waals surface area contributed by atoms with Crippen molar-refractivity contribution in [1.29, 1.82) is 0 Å². The molecule has 2 aromatic carbocycles. The molecule has 0 aliphatic carbocycles. The summed E-state index contributed by atoms with van der Waals surface area (Å²) in [6.07, 6.45) is -0.171. The number of rotatable bonds is 5. The molecule has 0 radical (unpaired) electrons. The highest BCUT2D eigenvalue weighted by Crippen LogP contribution is 2.27. The third-order valence-electron chi connectivity index (χ3n) is 3.74. The number of hydrogen-bond acceptors (Lipinski definition) is 5. The summed E-state index contributed by atoms with van der Waals surface area (Å²) in [4.78, 5) is 9.03. The van der Waals surface area contributed by atoms with Crippen LogP contribution in [0.25, 0.3) is 11.0 Å². The van der Waals surface area contributed by atoms with Crippen LogP contribution in [0.4, 0.5) is 5.82 Å². The summed E-state index contributed by atoms with van der Waals surface area (Å²) < 4.78 is 34.0. The second-order valence-electron chi connectivity index (χ2n) is 6.41. The van der Waals surface area contributed by atoms with E-state index in [0.29, 0.717) is 16.6 Å². The standard InChI is InChI=1S/C19H21N3O3S/c1-12(2)25-19-18(20-15-7-5-6-8-16(15)21-19)22-26(23,24)17-10-9-13(3)11-14(17)4/h5-12H,1-4H3,(H,20,22). The molecule has 1 aromatic heterocycles. The van der Waals surface area contributed by atoms with Crippen molar-refractivity contribution in [2.75, 3.05) is 4.72 Å². The van der Waals surface area contributed by atoms with Gasteiger partial charge in [-0.1, -0.05) is 29.8 Å². The van der Waals surface area contributed by atoms with Gasteiger partial charge in [0.05, 0.1) is 22.0 Å². The minimum atomic E-state index is -3.82. The van der Waals surface area contributed by atoms with Gasteiger partial charge < -0.3 is 4.74 Å². The third-order valence-corrected chi connectivity index (χ3v) is 5.24. The molecule has 1 heterocycles. The number of aromatic nitrogens is 2. The maximum Gasteiger partial charge on any atom is 0.263 e. The molecule has 0 saturated carbocycles. The Balaban J connectivity index is 2.08. The number of nitrogens with zero attached hydrogens (tertiary/aromatic N) is 2. The van der Waals surface area contributed by atoms with Crippen LogP contribution in [0.3, 0.4) is 0 Å². The van der Waals surface area contributed by atoms with Crippen LogP contribution in [0.1, 0.15) is 25.0 Å². The van der Waals surface area contributed by atoms with Gasteiger partial charge in [-0.15, -0.1) is 0 Å². The fourth-order valence-electron chi connectivity index (χ4n) is 2.64. The highest BCUT2D eigenvalue weighted by molar-refractivity contribution is 7.92. The number of anilines is 1. The Morgan fingerprint density at radius 3 is 2.27 bits per heavy atom. The Morgan fingerprint density at radius 2 is 1.65 bits per heavy atom. The normalized spacial score (nSPS) is 11.7. The van der Waals surface area contributed by atoms with Gasteiger partial charge in [0, 0.05) is 0 Å². The summed E-state index contributed by atoms with van der Waals surface area (Å²) in [7, 11) is -3.82. The summed E-state index contributed by atoms with van der Waals surface area (Å²) in [5.41, 5.74) is 2.88. The van der Waals surface area contributed by atoms with E-state index in [-0.39, 0.29) is 22.7 Å². The van der Waals surface area contributed by atoms with Crippen LogP contribution in [-0.2, 0) is 10.0 Å². The molecule has 0 bridgehead atoms. The second kappa shape index (κ2) is 6.92. The SMILES string of the molecule is Cc1ccc(S(=O)(=O)Nc2nc3ccccc3nc2OC(C)C)c(C)c1. The molecular formula is C19H21N3O3S. The van der Waals surface area contributed by atoms with E-state index < -0.39 is 10.0 Å². The summed E-state index contributed by atoms with van der Waals surface area (Å²) in [5, 5.41) is 0. The van der Waals surface area contributed by atoms with Crippen molar-refractivity contribution in [2.24, 2.45) is 0 Å². The number of para-hydroxylation sites is 2. The Hall–Kier alpha value is -2.67. The number of ether oxygens (including phenoxy) is 1. The monoisotopic (exact) mass is 371 g/mol. The van der Waals surface area contributed by atoms with Gasteiger partial charge in [-0.2, -0.15) is 0 Å². The predicted molar refractivity (Wildman–Crippen MR) is 102 cm³/mol. The van der Waals surface area contributed by atoms with Gasteiger partial charge in [0.15, 0.2) is 0 Å². The van der Waals surface area contributed by atoms with Crippen molar-refractivity contribution in [1.82, 2.24) is 9.97 Å². The maximum atomic E-state index is 12.9. The van der Waals surface area contributed by atoms with Gasteiger partial charge in [0.1, 0.15) is 0 Å². The topological polar surface area (TPSA) is 81.2 Å². The molecule has 0 spiro atoms. The van der Waals surface area contributed by atoms with Crippen LogP contribution in [-0.4, -0.2) is 24.5 Å². The lowest BCUT2D eigenvalue weighted by molar-refractivity contribution is 0.234. The molecule has 3 aromatic rings. The average molecular weight is 371 g/mol. The number of benzene rings is 2. The van der Waals surface area contributed by atoms with E-state index in [1.165, 1.54) is 0 Å². The van der Waals surface area contributed by atoms with Gasteiger partial charge in [-0.3, -0.25) is 4.72 Å². The molecule has 1 N–H and O–H groups in total. The van der Waals surface area contributed by atoms with E-state index >= 15 is 0 Å². The van der Waals surface area contributed by atoms with Gasteiger partial charge >= 0.3 is 0 Å². The minimum absolute atomic E-state index is 0.0809. The zero-order chi connectivity index (χ0) is 18.9. The minimum Gasteiger partial charge on any atom is -0.472 e. The molecule has 7 heteroatoms. The lowest BCUT2D eigenvalue weighted by Crippen LogP contribution is -2.18. The largest absolute Gasteiger partial charge is 0.472 e. The average Bonchev–Trinajstić information content (AvgIpc) is 2.54. The van der Waals surface area contributed by atoms with E-state index in [4.69, 9.17) is 4.74 Å². The van der Waals surface area contributed by atoms with Crippen molar-refractivity contribution >= 4 is 26.9 Å². The summed E-state index contributed by atoms with van der Waals surface area (Å²) in [6, 6.07) is 12.4. The van der Waals surface area contributed by atoms with Crippen molar-refractivity contribution in [3.8, 4) is 5.88 Å². The zero-order valence-corrected chi connectivity index (χ0v) is 16.0. The number of hydrogen-bond donors (Lipinski definition) is 1. The molecule has 0 unspecified atom stereocenters. The molecule has 3 rings (SSSR count). The van der Waals surface area contributed by atoms with Crippen LogP contribution in [0.15, 0.2) is 47.4 Å². The molecule has 0 aliphatic rings. The van der Waals surface area contributed by atoms with Crippen molar-refractivity contribution in [3.05, 3.63) is 53.6 Å². The van der Waals surface area contributed by atoms with Crippen LogP contribution in [0.5, 0.6) is 5.88 Å². The summed E-state index contributed by atoms with van der Waals surface area (Å²) in [6.45, 7) is 7.37. The first-order chi connectivity index (χ1) is 12.3. The van der Waals surface area contributed by atoms with Gasteiger partial charge in [0.25, 0.3) is 15.9 Å². The first kappa shape index (κ1) is 18.1. The lowest BCUT2D eigenvalue weighted by Gasteiger charge is -2.15. The molecule has 0 atom stereocenters. The van der Waals surface area contributed by atoms with E-state index in [9.17, 15) is 8.42 Å². The molecular weight excluding hydrogens is 350 g/mol. The Bertz CT molecular complexity index is 1060. The Morgan fingerprint density at radius 1 is 1.00 bits per heavy atom. The number of sulfonamides is 1. The molecule has 6 nitrogen and oxygen atoms in total. The smallest absolute Gasteiger partial charge is 0.263 e. The lowest BCUT2D eigenvalue weighted by atomic mass is 10.2. The van der Waals surface area contributed by atoms with Crippen molar-refractivity contribution in [2.45, 2.75) is 38.7 Å². The van der Waals surface area contributed by atoms with Crippen LogP contribution >= 0.6 is 0 Å². The van der Waals surface area contributed by atoms with Crippen LogP contribution < -0.4 is 9.46 Å². The highest BCUT2D eigenvalue weighted by Gasteiger charge is 2.21. The van der Waals surface area contributed by atoms with Gasteiger partial charge in [-0.05, 0) is 51.5 Å². The third kappa shape index (κ3) is 3.77. The van der Waals surface area contributed by atoms with Gasteiger partial charge in [-0.25, -0.2) is 18.4 Å². The van der Waals surface area contributed by atoms with E-state index in [2.05, 4.69) is 14.7 Å². The van der Waals surface area contributed by atoms with E-state index in [1.807, 2.05) is 39.0 Å². The fraction of sp³-hybridized carbons (Fsp3) is 0.263. The van der Waals surface area contributed by atoms with Crippen molar-refractivity contribution < 1.29 is 13.2 Å². The van der Waals surface area contributed by atoms with E-state index in [0.717, 1.165) is 5.56 Å². The van der Waals surface area contributed by atoms with Crippen LogP contribution in [0.2, 0.25) is 0 Å². The highest BCUT2D eigenvalue weighted by atomic mass is 32.2. The molecule has 26 heavy (non-hydrogen) atoms. The maximum absolute atomic E-state index is 12.9. The summed E-state index contributed by atoms with van der Waals surface area (Å²) >= 11 is 0. The zero-order valence-electron chi connectivity index (χ0n) is 15.1. The Kier molecular flexibility index (Phi) is 4.82. The summed E-state index contributed by atoms with van der Waals surface area (Å²) in [5.74, 6) is 0.240. The number of fused-ring (bicyclic) bond motifs is 1. The predicted octanol–water partition coefficient (Wildman–Crippen LogP) is 3.83. The first-order valence-corrected chi connectivity index (χ1v) is 9.78.